The van der Waals surface area contributed by atoms with E-state index in [1.807, 2.05) is 43.4 Å². The van der Waals surface area contributed by atoms with Crippen molar-refractivity contribution < 1.29 is 9.53 Å². The molecule has 3 rings (SSSR count). The lowest BCUT2D eigenvalue weighted by molar-refractivity contribution is 0.115. The van der Waals surface area contributed by atoms with Crippen molar-refractivity contribution in [1.82, 2.24) is 15.2 Å². The number of anilines is 1. The van der Waals surface area contributed by atoms with Gasteiger partial charge in [-0.25, -0.2) is 9.78 Å². The summed E-state index contributed by atoms with van der Waals surface area (Å²) in [7, 11) is 1.88. The van der Waals surface area contributed by atoms with Gasteiger partial charge in [0.25, 0.3) is 0 Å². The molecular weight excluding hydrogens is 352 g/mol. The lowest BCUT2D eigenvalue weighted by Crippen LogP contribution is -2.43. The Morgan fingerprint density at radius 3 is 2.81 bits per heavy atom. The molecule has 0 radical (unpaired) electrons. The molecule has 2 aromatic rings. The van der Waals surface area contributed by atoms with Crippen LogP contribution in [0.4, 0.5) is 10.6 Å². The molecule has 6 nitrogen and oxygen atoms in total. The number of likely N-dealkylation sites (tertiary alicyclic amines) is 1. The normalized spacial score (nSPS) is 14.9. The van der Waals surface area contributed by atoms with E-state index in [9.17, 15) is 4.79 Å². The first-order valence-electron chi connectivity index (χ1n) is 8.72. The number of pyridine rings is 1. The lowest BCUT2D eigenvalue weighted by atomic mass is 10.1. The Morgan fingerprint density at radius 2 is 2.08 bits per heavy atom. The van der Waals surface area contributed by atoms with E-state index in [1.165, 1.54) is 0 Å². The van der Waals surface area contributed by atoms with Gasteiger partial charge in [0.1, 0.15) is 17.7 Å². The Bertz CT molecular complexity index is 748. The first-order chi connectivity index (χ1) is 12.7. The zero-order valence-electron chi connectivity index (χ0n) is 14.7. The van der Waals surface area contributed by atoms with E-state index < -0.39 is 0 Å². The molecule has 0 aliphatic carbocycles. The van der Waals surface area contributed by atoms with Crippen LogP contribution in [-0.2, 0) is 6.54 Å². The molecule has 2 N–H and O–H groups in total. The zero-order valence-corrected chi connectivity index (χ0v) is 15.5. The van der Waals surface area contributed by atoms with Gasteiger partial charge >= 0.3 is 6.03 Å². The summed E-state index contributed by atoms with van der Waals surface area (Å²) in [6, 6.07) is 11.1. The van der Waals surface area contributed by atoms with E-state index in [0.717, 1.165) is 24.9 Å². The summed E-state index contributed by atoms with van der Waals surface area (Å²) in [5, 5.41) is 6.56. The van der Waals surface area contributed by atoms with E-state index in [0.29, 0.717) is 29.7 Å². The number of piperidine rings is 1. The Hall–Kier alpha value is -2.31. The first-order valence-corrected chi connectivity index (χ1v) is 9.10. The highest BCUT2D eigenvalue weighted by atomic mass is 35.5. The number of hydrogen-bond donors (Lipinski definition) is 2. The number of halogens is 1. The number of rotatable bonds is 5. The summed E-state index contributed by atoms with van der Waals surface area (Å²) in [5.41, 5.74) is 1.07. The van der Waals surface area contributed by atoms with Crippen molar-refractivity contribution in [2.45, 2.75) is 25.5 Å². The van der Waals surface area contributed by atoms with Crippen LogP contribution in [0, 0.1) is 0 Å². The molecule has 2 heterocycles. The van der Waals surface area contributed by atoms with Crippen molar-refractivity contribution in [3.63, 3.8) is 0 Å². The van der Waals surface area contributed by atoms with Crippen LogP contribution in [0.1, 0.15) is 18.4 Å². The number of para-hydroxylation sites is 1. The van der Waals surface area contributed by atoms with Crippen molar-refractivity contribution in [2.75, 3.05) is 25.5 Å². The monoisotopic (exact) mass is 374 g/mol. The fourth-order valence-electron chi connectivity index (χ4n) is 2.94. The van der Waals surface area contributed by atoms with Crippen LogP contribution in [0.3, 0.4) is 0 Å². The molecule has 0 saturated carbocycles. The fraction of sp³-hybridized carbons (Fsp3) is 0.368. The van der Waals surface area contributed by atoms with Crippen molar-refractivity contribution in [2.24, 2.45) is 0 Å². The van der Waals surface area contributed by atoms with Crippen LogP contribution >= 0.6 is 11.6 Å². The van der Waals surface area contributed by atoms with E-state index in [4.69, 9.17) is 16.3 Å². The van der Waals surface area contributed by atoms with Gasteiger partial charge in [0.15, 0.2) is 0 Å². The smallest absolute Gasteiger partial charge is 0.323 e. The molecule has 26 heavy (non-hydrogen) atoms. The highest BCUT2D eigenvalue weighted by molar-refractivity contribution is 6.32. The maximum Gasteiger partial charge on any atom is 0.323 e. The molecule has 0 atom stereocenters. The van der Waals surface area contributed by atoms with Crippen molar-refractivity contribution in [3.8, 4) is 5.75 Å². The number of hydrogen-bond acceptors (Lipinski definition) is 4. The standard InChI is InChI=1S/C19H23ClN4O2/c1-21-13-14-6-9-22-18(12-14)23-19(25)24-10-7-15(8-11-24)26-17-5-3-2-4-16(17)20/h2-6,9,12,15,21H,7-8,10-11,13H2,1H3,(H,22,23,25). The van der Waals surface area contributed by atoms with Crippen LogP contribution in [0.25, 0.3) is 0 Å². The largest absolute Gasteiger partial charge is 0.489 e. The number of ether oxygens (including phenoxy) is 1. The second-order valence-electron chi connectivity index (χ2n) is 6.24. The van der Waals surface area contributed by atoms with Crippen LogP contribution < -0.4 is 15.4 Å². The van der Waals surface area contributed by atoms with E-state index >= 15 is 0 Å². The predicted molar refractivity (Wildman–Crippen MR) is 103 cm³/mol. The summed E-state index contributed by atoms with van der Waals surface area (Å²) in [6.45, 7) is 2.00. The molecule has 2 amide bonds. The Labute approximate surface area is 158 Å². The van der Waals surface area contributed by atoms with Gasteiger partial charge in [-0.2, -0.15) is 0 Å². The van der Waals surface area contributed by atoms with Gasteiger partial charge in [0, 0.05) is 38.7 Å². The summed E-state index contributed by atoms with van der Waals surface area (Å²) in [4.78, 5) is 18.5. The maximum atomic E-state index is 12.5. The summed E-state index contributed by atoms with van der Waals surface area (Å²) >= 11 is 6.14. The molecule has 1 aliphatic rings. The molecule has 1 aliphatic heterocycles. The molecule has 1 aromatic carbocycles. The number of urea groups is 1. The third-order valence-corrected chi connectivity index (χ3v) is 4.61. The number of carbonyl (C=O) groups is 1. The molecule has 1 saturated heterocycles. The molecule has 0 bridgehead atoms. The van der Waals surface area contributed by atoms with Crippen molar-refractivity contribution >= 4 is 23.4 Å². The highest BCUT2D eigenvalue weighted by Gasteiger charge is 2.24. The van der Waals surface area contributed by atoms with Crippen LogP contribution in [0.5, 0.6) is 5.75 Å². The maximum absolute atomic E-state index is 12.5. The van der Waals surface area contributed by atoms with Gasteiger partial charge in [0.05, 0.1) is 5.02 Å². The molecule has 7 heteroatoms. The minimum atomic E-state index is -0.129. The third kappa shape index (κ3) is 4.86. The van der Waals surface area contributed by atoms with Gasteiger partial charge in [-0.3, -0.25) is 5.32 Å². The Kier molecular flexibility index (Phi) is 6.30. The minimum Gasteiger partial charge on any atom is -0.489 e. The number of nitrogens with zero attached hydrogens (tertiary/aromatic N) is 2. The lowest BCUT2D eigenvalue weighted by Gasteiger charge is -2.32. The fourth-order valence-corrected chi connectivity index (χ4v) is 3.12. The number of benzene rings is 1. The van der Waals surface area contributed by atoms with E-state index in [2.05, 4.69) is 15.6 Å². The average molecular weight is 375 g/mol. The summed E-state index contributed by atoms with van der Waals surface area (Å²) < 4.78 is 5.97. The summed E-state index contributed by atoms with van der Waals surface area (Å²) in [6.07, 6.45) is 3.31. The summed E-state index contributed by atoms with van der Waals surface area (Å²) in [5.74, 6) is 1.26. The SMILES string of the molecule is CNCc1ccnc(NC(=O)N2CCC(Oc3ccccc3Cl)CC2)c1. The first kappa shape index (κ1) is 18.5. The average Bonchev–Trinajstić information content (AvgIpc) is 2.65. The Balaban J connectivity index is 1.50. The van der Waals surface area contributed by atoms with E-state index in [-0.39, 0.29) is 12.1 Å². The molecule has 0 spiro atoms. The van der Waals surface area contributed by atoms with Crippen LogP contribution in [0.15, 0.2) is 42.6 Å². The number of aromatic nitrogens is 1. The van der Waals surface area contributed by atoms with Crippen LogP contribution in [0.2, 0.25) is 5.02 Å². The number of amides is 2. The number of carbonyl (C=O) groups excluding carboxylic acids is 1. The second-order valence-corrected chi connectivity index (χ2v) is 6.65. The second kappa shape index (κ2) is 8.87. The molecular formula is C19H23ClN4O2. The van der Waals surface area contributed by atoms with Crippen LogP contribution in [-0.4, -0.2) is 42.2 Å². The highest BCUT2D eigenvalue weighted by Crippen LogP contribution is 2.26. The van der Waals surface area contributed by atoms with Crippen molar-refractivity contribution in [1.29, 1.82) is 0 Å². The zero-order chi connectivity index (χ0) is 18.4. The predicted octanol–water partition coefficient (Wildman–Crippen LogP) is 3.53. The third-order valence-electron chi connectivity index (χ3n) is 4.30. The van der Waals surface area contributed by atoms with Gasteiger partial charge < -0.3 is 15.0 Å². The van der Waals surface area contributed by atoms with Gasteiger partial charge in [0.2, 0.25) is 0 Å². The topological polar surface area (TPSA) is 66.5 Å². The van der Waals surface area contributed by atoms with E-state index in [1.54, 1.807) is 11.1 Å². The molecule has 1 fully saturated rings. The van der Waals surface area contributed by atoms with Gasteiger partial charge in [-0.1, -0.05) is 23.7 Å². The Morgan fingerprint density at radius 1 is 1.31 bits per heavy atom. The van der Waals surface area contributed by atoms with Crippen molar-refractivity contribution in [3.05, 3.63) is 53.2 Å². The van der Waals surface area contributed by atoms with Gasteiger partial charge in [-0.15, -0.1) is 0 Å². The minimum absolute atomic E-state index is 0.0658. The van der Waals surface area contributed by atoms with Gasteiger partial charge in [-0.05, 0) is 36.9 Å². The molecule has 0 unspecified atom stereocenters. The quantitative estimate of drug-likeness (QED) is 0.840. The molecule has 138 valence electrons. The molecule has 1 aromatic heterocycles. The number of nitrogens with one attached hydrogen (secondary N) is 2.